The number of rotatable bonds is 9. The fraction of sp³-hybridized carbons (Fsp3) is 0.333. The number of esters is 1. The molecule has 9 nitrogen and oxygen atoms in total. The van der Waals surface area contributed by atoms with E-state index in [-0.39, 0.29) is 18.2 Å². The highest BCUT2D eigenvalue weighted by atomic mass is 16.5. The van der Waals surface area contributed by atoms with Gasteiger partial charge in [0, 0.05) is 29.7 Å². The van der Waals surface area contributed by atoms with E-state index in [1.807, 2.05) is 32.9 Å². The summed E-state index contributed by atoms with van der Waals surface area (Å²) in [5.74, 6) is -1.57. The van der Waals surface area contributed by atoms with Crippen LogP contribution >= 0.6 is 0 Å². The summed E-state index contributed by atoms with van der Waals surface area (Å²) in [7, 11) is 2.88. The number of carbonyl (C=O) groups is 3. The smallest absolute Gasteiger partial charge is 0.325 e. The van der Waals surface area contributed by atoms with E-state index in [1.165, 1.54) is 31.4 Å². The molecule has 0 fully saturated rings. The molecule has 1 aromatic heterocycles. The molecule has 2 rings (SSSR count). The number of nitriles is 1. The average molecular weight is 453 g/mol. The molecule has 9 heteroatoms. The zero-order valence-electron chi connectivity index (χ0n) is 19.4. The van der Waals surface area contributed by atoms with E-state index in [1.54, 1.807) is 13.2 Å². The molecule has 0 aliphatic rings. The molecule has 1 aromatic carbocycles. The minimum absolute atomic E-state index is 0.0467. The molecular weight excluding hydrogens is 424 g/mol. The molecule has 0 aliphatic heterocycles. The Hall–Kier alpha value is -3.90. The van der Waals surface area contributed by atoms with E-state index in [0.29, 0.717) is 17.9 Å². The first kappa shape index (κ1) is 25.4. The fourth-order valence-electron chi connectivity index (χ4n) is 3.48. The van der Waals surface area contributed by atoms with Gasteiger partial charge in [-0.25, -0.2) is 0 Å². The van der Waals surface area contributed by atoms with Gasteiger partial charge in [0.2, 0.25) is 0 Å². The first-order valence-electron chi connectivity index (χ1n) is 10.3. The van der Waals surface area contributed by atoms with Crippen LogP contribution in [0, 0.1) is 25.2 Å². The Morgan fingerprint density at radius 3 is 2.42 bits per heavy atom. The van der Waals surface area contributed by atoms with Crippen molar-refractivity contribution in [2.45, 2.75) is 26.8 Å². The predicted molar refractivity (Wildman–Crippen MR) is 124 cm³/mol. The van der Waals surface area contributed by atoms with Gasteiger partial charge in [-0.2, -0.15) is 5.26 Å². The third-order valence-corrected chi connectivity index (χ3v) is 5.06. The molecule has 1 heterocycles. The average Bonchev–Trinajstić information content (AvgIpc) is 3.08. The third kappa shape index (κ3) is 6.54. The van der Waals surface area contributed by atoms with Crippen LogP contribution in [0.25, 0.3) is 6.08 Å². The number of benzene rings is 1. The summed E-state index contributed by atoms with van der Waals surface area (Å²) in [5, 5.41) is 14.6. The van der Waals surface area contributed by atoms with Gasteiger partial charge in [-0.1, -0.05) is 0 Å². The minimum Gasteiger partial charge on any atom is -0.468 e. The lowest BCUT2D eigenvalue weighted by atomic mass is 10.1. The summed E-state index contributed by atoms with van der Waals surface area (Å²) in [4.78, 5) is 35.8. The monoisotopic (exact) mass is 452 g/mol. The molecule has 0 saturated carbocycles. The van der Waals surface area contributed by atoms with Gasteiger partial charge in [0.25, 0.3) is 11.8 Å². The van der Waals surface area contributed by atoms with Crippen molar-refractivity contribution in [2.24, 2.45) is 0 Å². The van der Waals surface area contributed by atoms with Crippen LogP contribution in [0.4, 0.5) is 5.69 Å². The summed E-state index contributed by atoms with van der Waals surface area (Å²) >= 11 is 0. The van der Waals surface area contributed by atoms with Gasteiger partial charge in [0.1, 0.15) is 18.2 Å². The number of aromatic nitrogens is 1. The Labute approximate surface area is 193 Å². The maximum atomic E-state index is 12.7. The van der Waals surface area contributed by atoms with Gasteiger partial charge in [-0.3, -0.25) is 14.4 Å². The number of nitrogens with one attached hydrogen (secondary N) is 2. The van der Waals surface area contributed by atoms with Crippen molar-refractivity contribution in [3.8, 4) is 6.07 Å². The maximum absolute atomic E-state index is 12.7. The Balaban J connectivity index is 2.13. The highest BCUT2D eigenvalue weighted by Crippen LogP contribution is 2.23. The summed E-state index contributed by atoms with van der Waals surface area (Å²) < 4.78 is 11.8. The largest absolute Gasteiger partial charge is 0.468 e. The molecule has 2 N–H and O–H groups in total. The zero-order valence-corrected chi connectivity index (χ0v) is 19.4. The van der Waals surface area contributed by atoms with Crippen LogP contribution in [-0.4, -0.2) is 49.7 Å². The summed E-state index contributed by atoms with van der Waals surface area (Å²) in [6.07, 6.45) is 1.56. The lowest BCUT2D eigenvalue weighted by molar-refractivity contribution is -0.139. The van der Waals surface area contributed by atoms with Gasteiger partial charge in [-0.15, -0.1) is 0 Å². The molecule has 0 spiro atoms. The summed E-state index contributed by atoms with van der Waals surface area (Å²) in [5.41, 5.74) is 3.40. The quantitative estimate of drug-likeness (QED) is 0.343. The lowest BCUT2D eigenvalue weighted by Crippen LogP contribution is -2.30. The summed E-state index contributed by atoms with van der Waals surface area (Å²) in [6, 6.07) is 10.1. The first-order chi connectivity index (χ1) is 15.7. The Morgan fingerprint density at radius 1 is 1.18 bits per heavy atom. The van der Waals surface area contributed by atoms with Crippen molar-refractivity contribution in [3.05, 3.63) is 58.4 Å². The van der Waals surface area contributed by atoms with Gasteiger partial charge in [-0.05, 0) is 62.7 Å². The van der Waals surface area contributed by atoms with Gasteiger partial charge in [0.05, 0.1) is 19.8 Å². The molecule has 1 unspecified atom stereocenters. The normalized spacial score (nSPS) is 11.9. The number of aryl methyl sites for hydroxylation is 1. The molecule has 0 aliphatic carbocycles. The lowest BCUT2D eigenvalue weighted by Gasteiger charge is -2.17. The van der Waals surface area contributed by atoms with Crippen LogP contribution in [0.3, 0.4) is 0 Å². The topological polar surface area (TPSA) is 122 Å². The second kappa shape index (κ2) is 11.6. The van der Waals surface area contributed by atoms with E-state index in [2.05, 4.69) is 19.9 Å². The minimum atomic E-state index is -0.560. The second-order valence-corrected chi connectivity index (χ2v) is 7.46. The summed E-state index contributed by atoms with van der Waals surface area (Å²) in [6.45, 7) is 6.23. The van der Waals surface area contributed by atoms with Crippen molar-refractivity contribution < 1.29 is 23.9 Å². The molecule has 0 radical (unpaired) electrons. The molecule has 0 bridgehead atoms. The number of hydrogen-bond donors (Lipinski definition) is 2. The van der Waals surface area contributed by atoms with Gasteiger partial charge >= 0.3 is 5.97 Å². The Bertz CT molecular complexity index is 1090. The molecule has 33 heavy (non-hydrogen) atoms. The predicted octanol–water partition coefficient (Wildman–Crippen LogP) is 2.76. The molecule has 0 saturated heterocycles. The Kier molecular flexibility index (Phi) is 8.95. The van der Waals surface area contributed by atoms with E-state index in [0.717, 1.165) is 17.0 Å². The van der Waals surface area contributed by atoms with Crippen LogP contribution in [0.15, 0.2) is 35.9 Å². The number of hydrogen-bond acceptors (Lipinski definition) is 6. The van der Waals surface area contributed by atoms with Crippen LogP contribution in [-0.2, 0) is 19.1 Å². The fourth-order valence-corrected chi connectivity index (χ4v) is 3.48. The molecular formula is C24H28N4O5. The molecule has 1 atom stereocenters. The van der Waals surface area contributed by atoms with Crippen LogP contribution in [0.5, 0.6) is 0 Å². The van der Waals surface area contributed by atoms with Crippen molar-refractivity contribution >= 4 is 29.5 Å². The van der Waals surface area contributed by atoms with E-state index in [4.69, 9.17) is 4.74 Å². The van der Waals surface area contributed by atoms with Crippen LogP contribution in [0.2, 0.25) is 0 Å². The van der Waals surface area contributed by atoms with Crippen molar-refractivity contribution in [1.82, 2.24) is 9.88 Å². The number of carbonyl (C=O) groups excluding carboxylic acids is 3. The Morgan fingerprint density at radius 2 is 1.85 bits per heavy atom. The number of methoxy groups -OCH3 is 2. The van der Waals surface area contributed by atoms with Gasteiger partial charge in [0.15, 0.2) is 0 Å². The van der Waals surface area contributed by atoms with Crippen LogP contribution < -0.4 is 10.6 Å². The SMILES string of the molecule is COCC(C)n1c(C)cc(/C=C(/C#N)C(=O)Nc2ccc(C(=O)NCC(=O)OC)cc2)c1C. The van der Waals surface area contributed by atoms with Crippen molar-refractivity contribution in [2.75, 3.05) is 32.7 Å². The zero-order chi connectivity index (χ0) is 24.5. The second-order valence-electron chi connectivity index (χ2n) is 7.46. The third-order valence-electron chi connectivity index (χ3n) is 5.06. The number of nitrogens with zero attached hydrogens (tertiary/aromatic N) is 2. The number of amides is 2. The van der Waals surface area contributed by atoms with Crippen molar-refractivity contribution in [1.29, 1.82) is 5.26 Å². The first-order valence-corrected chi connectivity index (χ1v) is 10.3. The maximum Gasteiger partial charge on any atom is 0.325 e. The van der Waals surface area contributed by atoms with E-state index in [9.17, 15) is 19.6 Å². The number of anilines is 1. The molecule has 174 valence electrons. The highest BCUT2D eigenvalue weighted by molar-refractivity contribution is 6.10. The van der Waals surface area contributed by atoms with Crippen LogP contribution in [0.1, 0.15) is 40.3 Å². The molecule has 2 amide bonds. The van der Waals surface area contributed by atoms with Crippen molar-refractivity contribution in [3.63, 3.8) is 0 Å². The highest BCUT2D eigenvalue weighted by Gasteiger charge is 2.16. The number of ether oxygens (including phenoxy) is 2. The van der Waals surface area contributed by atoms with E-state index < -0.39 is 17.8 Å². The van der Waals surface area contributed by atoms with E-state index >= 15 is 0 Å². The molecule has 2 aromatic rings. The standard InChI is InChI=1S/C24H28N4O5/c1-15-10-19(17(3)28(15)16(2)14-32-4)11-20(12-25)24(31)27-21-8-6-18(7-9-21)23(30)26-13-22(29)33-5/h6-11,16H,13-14H2,1-5H3,(H,26,30)(H,27,31)/b20-11-. The van der Waals surface area contributed by atoms with Gasteiger partial charge < -0.3 is 24.7 Å².